The first-order valence-corrected chi connectivity index (χ1v) is 9.83. The third kappa shape index (κ3) is 6.49. The molecule has 0 amide bonds. The number of hydrogen-bond acceptors (Lipinski definition) is 2. The summed E-state index contributed by atoms with van der Waals surface area (Å²) >= 11 is 0. The molecule has 0 fully saturated rings. The van der Waals surface area contributed by atoms with Crippen LogP contribution in [0.5, 0.6) is 0 Å². The van der Waals surface area contributed by atoms with Gasteiger partial charge in [0.2, 0.25) is 0 Å². The first-order chi connectivity index (χ1) is 15.0. The van der Waals surface area contributed by atoms with Gasteiger partial charge in [-0.2, -0.15) is 57.1 Å². The molecule has 0 aromatic heterocycles. The zero-order valence-electron chi connectivity index (χ0n) is 18.0. The van der Waals surface area contributed by atoms with E-state index in [-0.39, 0.29) is 12.8 Å². The second kappa shape index (κ2) is 10.9. The molecule has 34 heavy (non-hydrogen) atoms. The van der Waals surface area contributed by atoms with E-state index in [0.717, 1.165) is 13.3 Å². The largest absolute Gasteiger partial charge is 0.460 e. The summed E-state index contributed by atoms with van der Waals surface area (Å²) in [5.74, 6) is -38.8. The zero-order valence-corrected chi connectivity index (χ0v) is 18.0. The lowest BCUT2D eigenvalue weighted by atomic mass is 9.90. The Kier molecular flexibility index (Phi) is 10.4. The Labute approximate surface area is 186 Å². The first-order valence-electron chi connectivity index (χ1n) is 9.83. The van der Waals surface area contributed by atoms with E-state index in [1.54, 1.807) is 6.92 Å². The summed E-state index contributed by atoms with van der Waals surface area (Å²) in [6.07, 6.45) is -10.9. The van der Waals surface area contributed by atoms with Crippen LogP contribution in [0.2, 0.25) is 0 Å². The van der Waals surface area contributed by atoms with E-state index in [0.29, 0.717) is 12.8 Å². The lowest BCUT2D eigenvalue weighted by molar-refractivity contribution is -0.440. The number of unbranched alkanes of at least 4 members (excludes halogenated alkanes) is 4. The molecule has 0 aliphatic carbocycles. The number of hydrogen-bond donors (Lipinski definition) is 0. The van der Waals surface area contributed by atoms with Crippen molar-refractivity contribution in [3.8, 4) is 0 Å². The number of esters is 1. The average molecular weight is 530 g/mol. The highest BCUT2D eigenvalue weighted by Crippen LogP contribution is 2.60. The van der Waals surface area contributed by atoms with Crippen molar-refractivity contribution in [3.05, 3.63) is 12.2 Å². The van der Waals surface area contributed by atoms with Gasteiger partial charge in [-0.15, -0.1) is 0 Å². The number of halogens is 13. The van der Waals surface area contributed by atoms with E-state index in [2.05, 4.69) is 11.3 Å². The van der Waals surface area contributed by atoms with Crippen molar-refractivity contribution >= 4 is 5.97 Å². The van der Waals surface area contributed by atoms with Crippen LogP contribution >= 0.6 is 0 Å². The summed E-state index contributed by atoms with van der Waals surface area (Å²) < 4.78 is 177. The minimum atomic E-state index is -7.96. The van der Waals surface area contributed by atoms with E-state index >= 15 is 0 Å². The highest BCUT2D eigenvalue weighted by Gasteiger charge is 2.90. The molecule has 0 saturated heterocycles. The maximum Gasteiger partial charge on any atom is 0.460 e. The molecule has 2 nitrogen and oxygen atoms in total. The third-order valence-electron chi connectivity index (χ3n) is 4.73. The summed E-state index contributed by atoms with van der Waals surface area (Å²) in [4.78, 5) is 11.6. The fourth-order valence-corrected chi connectivity index (χ4v) is 2.65. The lowest BCUT2D eigenvalue weighted by Crippen LogP contribution is -2.70. The van der Waals surface area contributed by atoms with Crippen LogP contribution in [0.1, 0.15) is 58.8 Å². The van der Waals surface area contributed by atoms with Crippen molar-refractivity contribution in [3.63, 3.8) is 0 Å². The van der Waals surface area contributed by atoms with Gasteiger partial charge in [0.1, 0.15) is 6.10 Å². The lowest BCUT2D eigenvalue weighted by Gasteiger charge is -2.40. The Morgan fingerprint density at radius 3 is 1.59 bits per heavy atom. The number of ether oxygens (including phenoxy) is 1. The Balaban J connectivity index is 6.03. The Morgan fingerprint density at radius 2 is 1.18 bits per heavy atom. The van der Waals surface area contributed by atoms with Gasteiger partial charge < -0.3 is 4.74 Å². The van der Waals surface area contributed by atoms with Crippen molar-refractivity contribution in [2.24, 2.45) is 0 Å². The number of carbonyl (C=O) groups excluding carboxylic acids is 1. The highest BCUT2D eigenvalue weighted by atomic mass is 19.4. The topological polar surface area (TPSA) is 26.3 Å². The smallest absolute Gasteiger partial charge is 0.459 e. The molecule has 0 spiro atoms. The second-order valence-corrected chi connectivity index (χ2v) is 7.71. The summed E-state index contributed by atoms with van der Waals surface area (Å²) in [6, 6.07) is 0. The van der Waals surface area contributed by atoms with E-state index in [1.165, 1.54) is 0 Å². The summed E-state index contributed by atoms with van der Waals surface area (Å²) in [7, 11) is 0. The van der Waals surface area contributed by atoms with Gasteiger partial charge in [0.25, 0.3) is 0 Å². The predicted molar refractivity (Wildman–Crippen MR) is 93.5 cm³/mol. The van der Waals surface area contributed by atoms with Gasteiger partial charge >= 0.3 is 41.8 Å². The fourth-order valence-electron chi connectivity index (χ4n) is 2.65. The summed E-state index contributed by atoms with van der Waals surface area (Å²) in [5, 5.41) is 0. The summed E-state index contributed by atoms with van der Waals surface area (Å²) in [6.45, 7) is 5.88. The fraction of sp³-hybridized carbons (Fsp3) is 0.842. The van der Waals surface area contributed by atoms with Gasteiger partial charge in [-0.05, 0) is 19.8 Å². The zero-order chi connectivity index (χ0) is 27.4. The van der Waals surface area contributed by atoms with Gasteiger partial charge in [-0.3, -0.25) is 0 Å². The van der Waals surface area contributed by atoms with Crippen molar-refractivity contribution in [1.29, 1.82) is 0 Å². The normalized spacial score (nSPS) is 15.3. The van der Waals surface area contributed by atoms with Crippen molar-refractivity contribution in [1.82, 2.24) is 0 Å². The Morgan fingerprint density at radius 1 is 0.735 bits per heavy atom. The number of carbonyl (C=O) groups is 1. The first kappa shape index (κ1) is 32.3. The van der Waals surface area contributed by atoms with Gasteiger partial charge in [0.05, 0.1) is 6.42 Å². The third-order valence-corrected chi connectivity index (χ3v) is 4.73. The molecule has 15 heteroatoms. The van der Waals surface area contributed by atoms with Gasteiger partial charge in [-0.1, -0.05) is 39.2 Å². The van der Waals surface area contributed by atoms with Gasteiger partial charge in [0, 0.05) is 5.57 Å². The minimum Gasteiger partial charge on any atom is -0.459 e. The molecule has 0 aliphatic rings. The van der Waals surface area contributed by atoms with Crippen molar-refractivity contribution < 1.29 is 66.6 Å². The molecule has 0 bridgehead atoms. The standard InChI is InChI=1S/C19H23F13O2/c1-4-5-6-7-8-9-12(34-13(33)11(2)3)10-14(20,21)15(22,23)16(24,25)17(26,27)18(28,29)19(30,31)32/h12H,2,4-10H2,1,3H3. The molecule has 0 aliphatic heterocycles. The molecule has 0 aromatic rings. The Hall–Kier alpha value is -1.70. The molecule has 0 N–H and O–H groups in total. The minimum absolute atomic E-state index is 0.0749. The van der Waals surface area contributed by atoms with E-state index < -0.39 is 66.3 Å². The molecule has 0 heterocycles. The average Bonchev–Trinajstić information content (AvgIpc) is 2.65. The second-order valence-electron chi connectivity index (χ2n) is 7.71. The van der Waals surface area contributed by atoms with Crippen LogP contribution in [0.15, 0.2) is 12.2 Å². The Bertz CT molecular complexity index is 699. The molecule has 202 valence electrons. The molecule has 1 unspecified atom stereocenters. The quantitative estimate of drug-likeness (QED) is 0.0986. The van der Waals surface area contributed by atoms with Crippen LogP contribution in [-0.4, -0.2) is 47.9 Å². The highest BCUT2D eigenvalue weighted by molar-refractivity contribution is 5.87. The van der Waals surface area contributed by atoms with Gasteiger partial charge in [0.15, 0.2) is 0 Å². The van der Waals surface area contributed by atoms with Crippen LogP contribution in [-0.2, 0) is 9.53 Å². The molecular formula is C19H23F13O2. The number of rotatable bonds is 14. The van der Waals surface area contributed by atoms with Crippen LogP contribution in [0.25, 0.3) is 0 Å². The molecule has 0 saturated carbocycles. The molecule has 1 atom stereocenters. The predicted octanol–water partition coefficient (Wildman–Crippen LogP) is 7.96. The van der Waals surface area contributed by atoms with Gasteiger partial charge in [-0.25, -0.2) is 4.79 Å². The van der Waals surface area contributed by atoms with E-state index in [4.69, 9.17) is 0 Å². The maximum absolute atomic E-state index is 14.1. The van der Waals surface area contributed by atoms with Crippen LogP contribution in [0.4, 0.5) is 57.1 Å². The number of alkyl halides is 13. The van der Waals surface area contributed by atoms with E-state index in [9.17, 15) is 61.9 Å². The maximum atomic E-state index is 14.1. The van der Waals surface area contributed by atoms with Crippen LogP contribution in [0, 0.1) is 0 Å². The molecule has 0 rings (SSSR count). The SMILES string of the molecule is C=C(C)C(=O)OC(CCCCCCC)CC(F)(F)C(F)(F)C(F)(F)C(F)(F)C(F)(F)C(F)(F)F. The molecule has 0 aromatic carbocycles. The summed E-state index contributed by atoms with van der Waals surface area (Å²) in [5.41, 5.74) is -0.437. The molecular weight excluding hydrogens is 507 g/mol. The van der Waals surface area contributed by atoms with Crippen molar-refractivity contribution in [2.75, 3.05) is 0 Å². The van der Waals surface area contributed by atoms with E-state index in [1.807, 2.05) is 0 Å². The monoisotopic (exact) mass is 530 g/mol. The molecule has 0 radical (unpaired) electrons. The van der Waals surface area contributed by atoms with Crippen LogP contribution in [0.3, 0.4) is 0 Å². The van der Waals surface area contributed by atoms with Crippen molar-refractivity contribution in [2.45, 2.75) is 101 Å². The van der Waals surface area contributed by atoms with Crippen LogP contribution < -0.4 is 0 Å².